The average molecular weight is 391 g/mol. The molecule has 0 radical (unpaired) electrons. The van der Waals surface area contributed by atoms with Gasteiger partial charge in [-0.25, -0.2) is 13.1 Å². The summed E-state index contributed by atoms with van der Waals surface area (Å²) >= 11 is 0. The average Bonchev–Trinajstić information content (AvgIpc) is 2.67. The minimum absolute atomic E-state index is 0.0815. The Morgan fingerprint density at radius 3 is 2.52 bits per heavy atom. The van der Waals surface area contributed by atoms with E-state index in [0.29, 0.717) is 18.8 Å². The molecule has 2 aromatic rings. The normalized spacial score (nSPS) is 19.4. The molecule has 0 aliphatic heterocycles. The number of nitrogens with one attached hydrogen (secondary N) is 1. The van der Waals surface area contributed by atoms with E-state index >= 15 is 0 Å². The fourth-order valence-electron chi connectivity index (χ4n) is 3.43. The molecule has 0 heterocycles. The van der Waals surface area contributed by atoms with Gasteiger partial charge in [-0.15, -0.1) is 0 Å². The molecule has 1 unspecified atom stereocenters. The number of aliphatic hydroxyl groups is 1. The van der Waals surface area contributed by atoms with Crippen LogP contribution in [-0.2, 0) is 22.0 Å². The molecule has 0 saturated carbocycles. The zero-order chi connectivity index (χ0) is 19.5. The third kappa shape index (κ3) is 4.26. The first-order valence-corrected chi connectivity index (χ1v) is 10.5. The molecule has 3 rings (SSSR count). The number of hydrogen-bond acceptors (Lipinski definition) is 5. The van der Waals surface area contributed by atoms with E-state index in [2.05, 4.69) is 4.72 Å². The number of rotatable bonds is 7. The lowest BCUT2D eigenvalue weighted by molar-refractivity contribution is 0.0242. The Balaban J connectivity index is 1.77. The molecule has 0 amide bonds. The molecule has 7 heteroatoms. The molecule has 2 N–H and O–H groups in total. The standard InChI is InChI=1S/C20H25NO5S/c1-3-26-16-6-9-18(10-7-16)27(23,24)21-14-20(22)12-4-5-15-13-17(25-2)8-11-19(15)20/h6-11,13,21-22H,3-5,12,14H2,1-2H3. The summed E-state index contributed by atoms with van der Waals surface area (Å²) in [6.45, 7) is 2.30. The Bertz CT molecular complexity index is 895. The van der Waals surface area contributed by atoms with Gasteiger partial charge in [-0.1, -0.05) is 6.07 Å². The molecule has 1 aliphatic rings. The summed E-state index contributed by atoms with van der Waals surface area (Å²) < 4.78 is 38.4. The van der Waals surface area contributed by atoms with Crippen molar-refractivity contribution in [2.24, 2.45) is 0 Å². The van der Waals surface area contributed by atoms with Gasteiger partial charge in [-0.3, -0.25) is 0 Å². The van der Waals surface area contributed by atoms with Gasteiger partial charge < -0.3 is 14.6 Å². The van der Waals surface area contributed by atoms with Crippen LogP contribution in [0.5, 0.6) is 11.5 Å². The first kappa shape index (κ1) is 19.7. The fraction of sp³-hybridized carbons (Fsp3) is 0.400. The lowest BCUT2D eigenvalue weighted by Crippen LogP contribution is -2.42. The Labute approximate surface area is 160 Å². The number of hydrogen-bond donors (Lipinski definition) is 2. The van der Waals surface area contributed by atoms with Crippen LogP contribution < -0.4 is 14.2 Å². The Hall–Kier alpha value is -2.09. The van der Waals surface area contributed by atoms with Gasteiger partial charge in [0.25, 0.3) is 0 Å². The van der Waals surface area contributed by atoms with Crippen LogP contribution in [0.2, 0.25) is 0 Å². The highest BCUT2D eigenvalue weighted by molar-refractivity contribution is 7.89. The van der Waals surface area contributed by atoms with E-state index in [1.165, 1.54) is 12.1 Å². The molecule has 1 atom stereocenters. The van der Waals surface area contributed by atoms with Crippen molar-refractivity contribution in [1.82, 2.24) is 4.72 Å². The van der Waals surface area contributed by atoms with E-state index in [-0.39, 0.29) is 11.4 Å². The van der Waals surface area contributed by atoms with E-state index < -0.39 is 15.6 Å². The van der Waals surface area contributed by atoms with Crippen molar-refractivity contribution in [3.63, 3.8) is 0 Å². The highest BCUT2D eigenvalue weighted by Crippen LogP contribution is 2.37. The number of sulfonamides is 1. The summed E-state index contributed by atoms with van der Waals surface area (Å²) in [6, 6.07) is 11.7. The molecule has 6 nitrogen and oxygen atoms in total. The highest BCUT2D eigenvalue weighted by Gasteiger charge is 2.35. The second-order valence-corrected chi connectivity index (χ2v) is 8.40. The van der Waals surface area contributed by atoms with Gasteiger partial charge in [0.1, 0.15) is 17.1 Å². The van der Waals surface area contributed by atoms with Crippen LogP contribution in [0.25, 0.3) is 0 Å². The van der Waals surface area contributed by atoms with Gasteiger partial charge in [0.15, 0.2) is 0 Å². The number of fused-ring (bicyclic) bond motifs is 1. The molecule has 0 saturated heterocycles. The predicted octanol–water partition coefficient (Wildman–Crippen LogP) is 2.60. The summed E-state index contributed by atoms with van der Waals surface area (Å²) in [7, 11) is -2.14. The monoisotopic (exact) mass is 391 g/mol. The van der Waals surface area contributed by atoms with Gasteiger partial charge in [0.2, 0.25) is 10.0 Å². The Morgan fingerprint density at radius 1 is 1.15 bits per heavy atom. The van der Waals surface area contributed by atoms with Crippen LogP contribution >= 0.6 is 0 Å². The van der Waals surface area contributed by atoms with Crippen molar-refractivity contribution in [3.8, 4) is 11.5 Å². The van der Waals surface area contributed by atoms with Gasteiger partial charge in [0, 0.05) is 6.54 Å². The third-order valence-corrected chi connectivity index (χ3v) is 6.27. The van der Waals surface area contributed by atoms with Gasteiger partial charge in [-0.05, 0) is 73.7 Å². The quantitative estimate of drug-likeness (QED) is 0.758. The van der Waals surface area contributed by atoms with E-state index in [4.69, 9.17) is 9.47 Å². The summed E-state index contributed by atoms with van der Waals surface area (Å²) in [5, 5.41) is 11.1. The molecule has 0 spiro atoms. The summed E-state index contributed by atoms with van der Waals surface area (Å²) in [5.74, 6) is 1.35. The van der Waals surface area contributed by atoms with Crippen LogP contribution in [0, 0.1) is 0 Å². The second kappa shape index (κ2) is 7.88. The van der Waals surface area contributed by atoms with Crippen molar-refractivity contribution in [2.75, 3.05) is 20.3 Å². The molecule has 1 aliphatic carbocycles. The number of benzene rings is 2. The lowest BCUT2D eigenvalue weighted by Gasteiger charge is -2.34. The lowest BCUT2D eigenvalue weighted by atomic mass is 9.79. The van der Waals surface area contributed by atoms with Crippen molar-refractivity contribution in [1.29, 1.82) is 0 Å². The van der Waals surface area contributed by atoms with Crippen LogP contribution in [0.4, 0.5) is 0 Å². The summed E-state index contributed by atoms with van der Waals surface area (Å²) in [6.07, 6.45) is 2.11. The minimum Gasteiger partial charge on any atom is -0.497 e. The third-order valence-electron chi connectivity index (χ3n) is 4.85. The molecular formula is C20H25NO5S. The molecule has 0 bridgehead atoms. The van der Waals surface area contributed by atoms with Gasteiger partial charge in [-0.2, -0.15) is 0 Å². The number of methoxy groups -OCH3 is 1. The minimum atomic E-state index is -3.74. The highest BCUT2D eigenvalue weighted by atomic mass is 32.2. The van der Waals surface area contributed by atoms with Gasteiger partial charge in [0.05, 0.1) is 18.6 Å². The van der Waals surface area contributed by atoms with E-state index in [9.17, 15) is 13.5 Å². The van der Waals surface area contributed by atoms with Crippen LogP contribution in [0.1, 0.15) is 30.9 Å². The maximum absolute atomic E-state index is 12.6. The fourth-order valence-corrected chi connectivity index (χ4v) is 4.52. The van der Waals surface area contributed by atoms with Crippen molar-refractivity contribution >= 4 is 10.0 Å². The van der Waals surface area contributed by atoms with Crippen LogP contribution in [0.3, 0.4) is 0 Å². The Kier molecular flexibility index (Phi) is 5.74. The number of aryl methyl sites for hydroxylation is 1. The first-order chi connectivity index (χ1) is 12.9. The molecule has 146 valence electrons. The smallest absolute Gasteiger partial charge is 0.240 e. The summed E-state index contributed by atoms with van der Waals surface area (Å²) in [5.41, 5.74) is 0.505. The van der Waals surface area contributed by atoms with Crippen molar-refractivity contribution in [3.05, 3.63) is 53.6 Å². The Morgan fingerprint density at radius 2 is 1.85 bits per heavy atom. The van der Waals surface area contributed by atoms with E-state index in [0.717, 1.165) is 29.7 Å². The molecule has 0 aromatic heterocycles. The zero-order valence-electron chi connectivity index (χ0n) is 15.6. The molecular weight excluding hydrogens is 366 g/mol. The van der Waals surface area contributed by atoms with Crippen molar-refractivity contribution in [2.45, 2.75) is 36.7 Å². The second-order valence-electron chi connectivity index (χ2n) is 6.64. The largest absolute Gasteiger partial charge is 0.497 e. The topological polar surface area (TPSA) is 84.9 Å². The van der Waals surface area contributed by atoms with Gasteiger partial charge >= 0.3 is 0 Å². The summed E-state index contributed by atoms with van der Waals surface area (Å²) in [4.78, 5) is 0.139. The molecule has 0 fully saturated rings. The van der Waals surface area contributed by atoms with Crippen LogP contribution in [0.15, 0.2) is 47.4 Å². The zero-order valence-corrected chi connectivity index (χ0v) is 16.4. The van der Waals surface area contributed by atoms with Crippen molar-refractivity contribution < 1.29 is 23.0 Å². The first-order valence-electron chi connectivity index (χ1n) is 9.00. The van der Waals surface area contributed by atoms with Crippen LogP contribution in [-0.4, -0.2) is 33.8 Å². The van der Waals surface area contributed by atoms with E-state index in [1.807, 2.05) is 19.1 Å². The molecule has 2 aromatic carbocycles. The van der Waals surface area contributed by atoms with E-state index in [1.54, 1.807) is 25.3 Å². The molecule has 27 heavy (non-hydrogen) atoms. The predicted molar refractivity (Wildman–Crippen MR) is 103 cm³/mol. The maximum Gasteiger partial charge on any atom is 0.240 e. The maximum atomic E-state index is 12.6. The SMILES string of the molecule is CCOc1ccc(S(=O)(=O)NCC2(O)CCCc3cc(OC)ccc32)cc1. The number of ether oxygens (including phenoxy) is 2.